The fourth-order valence-electron chi connectivity index (χ4n) is 1.47. The molecule has 0 saturated carbocycles. The summed E-state index contributed by atoms with van der Waals surface area (Å²) < 4.78 is 29.5. The van der Waals surface area contributed by atoms with Crippen LogP contribution in [0.1, 0.15) is 19.4 Å². The van der Waals surface area contributed by atoms with Crippen molar-refractivity contribution >= 4 is 22.1 Å². The van der Waals surface area contributed by atoms with Crippen LogP contribution in [0, 0.1) is 0 Å². The van der Waals surface area contributed by atoms with Gasteiger partial charge in [-0.25, -0.2) is 0 Å². The van der Waals surface area contributed by atoms with Gasteiger partial charge in [-0.3, -0.25) is 9.35 Å². The second-order valence-electron chi connectivity index (χ2n) is 4.92. The minimum absolute atomic E-state index is 0.478. The van der Waals surface area contributed by atoms with Crippen molar-refractivity contribution in [1.29, 1.82) is 0 Å². The van der Waals surface area contributed by atoms with Crippen molar-refractivity contribution in [3.05, 3.63) is 55.1 Å². The Bertz CT molecular complexity index is 577. The first-order valence-electron chi connectivity index (χ1n) is 6.17. The maximum Gasteiger partial charge on any atom is 0.267 e. The Morgan fingerprint density at radius 3 is 2.14 bits per heavy atom. The van der Waals surface area contributed by atoms with E-state index in [-0.39, 0.29) is 0 Å². The van der Waals surface area contributed by atoms with Gasteiger partial charge in [0, 0.05) is 0 Å². The van der Waals surface area contributed by atoms with Crippen LogP contribution in [0.4, 0.5) is 0 Å². The van der Waals surface area contributed by atoms with E-state index in [1.165, 1.54) is 19.4 Å². The molecule has 1 rings (SSSR count). The monoisotopic (exact) mass is 311 g/mol. The summed E-state index contributed by atoms with van der Waals surface area (Å²) in [6, 6.07) is 10.0. The zero-order valence-electron chi connectivity index (χ0n) is 12.2. The summed E-state index contributed by atoms with van der Waals surface area (Å²) in [6.07, 6.45) is 2.87. The molecule has 1 aromatic carbocycles. The van der Waals surface area contributed by atoms with Crippen molar-refractivity contribution in [3.63, 3.8) is 0 Å². The van der Waals surface area contributed by atoms with Gasteiger partial charge in [-0.05, 0) is 25.5 Å². The molecule has 0 spiro atoms. The van der Waals surface area contributed by atoms with Gasteiger partial charge in [0.15, 0.2) is 0 Å². The van der Waals surface area contributed by atoms with Gasteiger partial charge in [0.2, 0.25) is 5.91 Å². The van der Waals surface area contributed by atoms with E-state index in [1.807, 2.05) is 36.4 Å². The number of rotatable bonds is 5. The second-order valence-corrected chi connectivity index (χ2v) is 6.37. The average molecular weight is 311 g/mol. The second kappa shape index (κ2) is 8.39. The number of hydrogen-bond donors (Lipinski definition) is 2. The van der Waals surface area contributed by atoms with Gasteiger partial charge in [-0.1, -0.05) is 49.6 Å². The number of benzene rings is 1. The first kappa shape index (κ1) is 19.1. The number of amides is 1. The lowest BCUT2D eigenvalue weighted by Gasteiger charge is -2.23. The van der Waals surface area contributed by atoms with Crippen LogP contribution in [0.15, 0.2) is 49.6 Å². The lowest BCUT2D eigenvalue weighted by atomic mass is 10.1. The van der Waals surface area contributed by atoms with Gasteiger partial charge in [0.25, 0.3) is 10.1 Å². The summed E-state index contributed by atoms with van der Waals surface area (Å²) in [4.78, 5) is 10.8. The van der Waals surface area contributed by atoms with Gasteiger partial charge in [-0.15, -0.1) is 0 Å². The summed E-state index contributed by atoms with van der Waals surface area (Å²) in [7, 11) is -4.08. The van der Waals surface area contributed by atoms with Crippen molar-refractivity contribution in [2.24, 2.45) is 0 Å². The van der Waals surface area contributed by atoms with Crippen molar-refractivity contribution in [1.82, 2.24) is 5.32 Å². The molecule has 1 aromatic rings. The fourth-order valence-corrected chi connectivity index (χ4v) is 2.45. The highest BCUT2D eigenvalue weighted by Crippen LogP contribution is 2.05. The van der Waals surface area contributed by atoms with Crippen LogP contribution in [0.5, 0.6) is 0 Å². The average Bonchev–Trinajstić information content (AvgIpc) is 2.37. The molecule has 1 amide bonds. The number of nitrogens with one attached hydrogen (secondary N) is 1. The van der Waals surface area contributed by atoms with Crippen LogP contribution in [0.25, 0.3) is 6.08 Å². The van der Waals surface area contributed by atoms with Gasteiger partial charge in [0.1, 0.15) is 0 Å². The largest absolute Gasteiger partial charge is 0.347 e. The Morgan fingerprint density at radius 2 is 1.81 bits per heavy atom. The predicted molar refractivity (Wildman–Crippen MR) is 85.4 cm³/mol. The Morgan fingerprint density at radius 1 is 1.29 bits per heavy atom. The molecule has 5 nitrogen and oxygen atoms in total. The highest BCUT2D eigenvalue weighted by atomic mass is 32.2. The minimum Gasteiger partial charge on any atom is -0.347 e. The van der Waals surface area contributed by atoms with Gasteiger partial charge >= 0.3 is 0 Å². The maximum absolute atomic E-state index is 10.8. The van der Waals surface area contributed by atoms with Crippen molar-refractivity contribution in [3.8, 4) is 0 Å². The van der Waals surface area contributed by atoms with E-state index in [1.54, 1.807) is 0 Å². The van der Waals surface area contributed by atoms with Crippen LogP contribution >= 0.6 is 0 Å². The smallest absolute Gasteiger partial charge is 0.267 e. The van der Waals surface area contributed by atoms with Gasteiger partial charge in [-0.2, -0.15) is 8.42 Å². The Kier molecular flexibility index (Phi) is 7.62. The third kappa shape index (κ3) is 10.5. The van der Waals surface area contributed by atoms with Crippen molar-refractivity contribution in [2.75, 3.05) is 5.75 Å². The highest BCUT2D eigenvalue weighted by molar-refractivity contribution is 7.85. The summed E-state index contributed by atoms with van der Waals surface area (Å²) in [6.45, 7) is 9.82. The van der Waals surface area contributed by atoms with E-state index < -0.39 is 27.3 Å². The number of hydrogen-bond acceptors (Lipinski definition) is 3. The molecule has 0 aliphatic rings. The molecule has 0 bridgehead atoms. The van der Waals surface area contributed by atoms with Crippen LogP contribution in [-0.4, -0.2) is 30.2 Å². The zero-order chi connectivity index (χ0) is 16.5. The molecule has 0 unspecified atom stereocenters. The molecule has 21 heavy (non-hydrogen) atoms. The summed E-state index contributed by atoms with van der Waals surface area (Å²) in [5, 5.41) is 2.37. The standard InChI is InChI=1S/C8H8.C7H13NO4S/c1-2-8-6-4-3-5-7-8;1-4-6(9)8-7(2,3)5-13(10,11)12/h2-7H,1H2;4H,1,5H2,2-3H3,(H,8,9)(H,10,11,12). The topological polar surface area (TPSA) is 83.5 Å². The minimum atomic E-state index is -4.08. The maximum atomic E-state index is 10.8. The lowest BCUT2D eigenvalue weighted by Crippen LogP contribution is -2.47. The van der Waals surface area contributed by atoms with Crippen molar-refractivity contribution < 1.29 is 17.8 Å². The molecule has 6 heteroatoms. The molecule has 0 fully saturated rings. The molecule has 116 valence electrons. The Hall–Kier alpha value is -1.92. The van der Waals surface area contributed by atoms with E-state index in [0.717, 1.165) is 6.08 Å². The highest BCUT2D eigenvalue weighted by Gasteiger charge is 2.25. The molecule has 0 aliphatic carbocycles. The van der Waals surface area contributed by atoms with E-state index in [2.05, 4.69) is 18.5 Å². The SMILES string of the molecule is C=CC(=O)NC(C)(C)CS(=O)(=O)O.C=Cc1ccccc1. The van der Waals surface area contributed by atoms with Crippen LogP contribution in [-0.2, 0) is 14.9 Å². The van der Waals surface area contributed by atoms with Gasteiger partial charge < -0.3 is 5.32 Å². The molecule has 0 heterocycles. The summed E-state index contributed by atoms with van der Waals surface area (Å²) >= 11 is 0. The van der Waals surface area contributed by atoms with E-state index in [9.17, 15) is 13.2 Å². The Balaban J connectivity index is 0.000000423. The molecule has 0 aromatic heterocycles. The third-order valence-electron chi connectivity index (χ3n) is 2.23. The Labute approximate surface area is 126 Å². The van der Waals surface area contributed by atoms with Crippen LogP contribution < -0.4 is 5.32 Å². The van der Waals surface area contributed by atoms with Crippen LogP contribution in [0.2, 0.25) is 0 Å². The first-order chi connectivity index (χ1) is 9.59. The molecule has 0 aliphatic heterocycles. The van der Waals surface area contributed by atoms with E-state index >= 15 is 0 Å². The van der Waals surface area contributed by atoms with E-state index in [0.29, 0.717) is 0 Å². The lowest BCUT2D eigenvalue weighted by molar-refractivity contribution is -0.117. The first-order valence-corrected chi connectivity index (χ1v) is 7.78. The normalized spacial score (nSPS) is 10.8. The zero-order valence-corrected chi connectivity index (χ0v) is 13.1. The molecule has 0 saturated heterocycles. The number of carbonyl (C=O) groups excluding carboxylic acids is 1. The van der Waals surface area contributed by atoms with Crippen LogP contribution in [0.3, 0.4) is 0 Å². The fraction of sp³-hybridized carbons (Fsp3) is 0.267. The van der Waals surface area contributed by atoms with E-state index in [4.69, 9.17) is 4.55 Å². The summed E-state index contributed by atoms with van der Waals surface area (Å²) in [5.41, 5.74) is 0.172. The molecule has 0 radical (unpaired) electrons. The van der Waals surface area contributed by atoms with Gasteiger partial charge in [0.05, 0.1) is 11.3 Å². The van der Waals surface area contributed by atoms with Crippen molar-refractivity contribution in [2.45, 2.75) is 19.4 Å². The third-order valence-corrected chi connectivity index (χ3v) is 3.31. The quantitative estimate of drug-likeness (QED) is 0.645. The number of carbonyl (C=O) groups is 1. The molecule has 0 atom stereocenters. The summed E-state index contributed by atoms with van der Waals surface area (Å²) in [5.74, 6) is -1.01. The molecular formula is C15H21NO4S. The predicted octanol–water partition coefficient (Wildman–Crippen LogP) is 2.28. The molecular weight excluding hydrogens is 290 g/mol. The molecule has 2 N–H and O–H groups in total.